The molecule has 0 fully saturated rings. The Balaban J connectivity index is 1.33. The Kier molecular flexibility index (Phi) is 6.51. The molecule has 0 N–H and O–H groups in total. The lowest BCUT2D eigenvalue weighted by Gasteiger charge is -2.41. The third-order valence-electron chi connectivity index (χ3n) is 11.8. The summed E-state index contributed by atoms with van der Waals surface area (Å²) in [6.07, 6.45) is 1.93. The average molecular weight is 647 g/mol. The van der Waals surface area contributed by atoms with Crippen molar-refractivity contribution in [3.8, 4) is 16.9 Å². The van der Waals surface area contributed by atoms with Gasteiger partial charge in [-0.15, -0.1) is 0 Å². The van der Waals surface area contributed by atoms with E-state index in [1.54, 1.807) is 0 Å². The second-order valence-corrected chi connectivity index (χ2v) is 16.2. The van der Waals surface area contributed by atoms with Crippen molar-refractivity contribution in [1.29, 1.82) is 0 Å². The summed E-state index contributed by atoms with van der Waals surface area (Å²) in [4.78, 5) is 15.5. The zero-order valence-electron chi connectivity index (χ0n) is 30.7. The summed E-state index contributed by atoms with van der Waals surface area (Å²) in [6, 6.07) is 26.5. The second-order valence-electron chi connectivity index (χ2n) is 16.2. The van der Waals surface area contributed by atoms with E-state index in [0.29, 0.717) is 5.90 Å². The molecule has 3 aromatic carbocycles. The third kappa shape index (κ3) is 4.27. The Morgan fingerprint density at radius 3 is 2.24 bits per heavy atom. The number of hydrogen-bond donors (Lipinski definition) is 0. The quantitative estimate of drug-likeness (QED) is 0.192. The van der Waals surface area contributed by atoms with Crippen LogP contribution in [0.25, 0.3) is 38.8 Å². The van der Waals surface area contributed by atoms with Crippen LogP contribution >= 0.6 is 0 Å². The molecule has 5 heteroatoms. The van der Waals surface area contributed by atoms with Gasteiger partial charge in [0.15, 0.2) is 0 Å². The summed E-state index contributed by atoms with van der Waals surface area (Å²) in [5, 5.41) is 2.40. The molecule has 2 aliphatic rings. The van der Waals surface area contributed by atoms with Gasteiger partial charge in [0.05, 0.1) is 39.4 Å². The highest BCUT2D eigenvalue weighted by Gasteiger charge is 2.68. The molecule has 8 rings (SSSR count). The molecule has 0 unspecified atom stereocenters. The molecule has 3 aromatic heterocycles. The van der Waals surface area contributed by atoms with Gasteiger partial charge in [-0.2, -0.15) is 0 Å². The Morgan fingerprint density at radius 1 is 0.755 bits per heavy atom. The van der Waals surface area contributed by atoms with Gasteiger partial charge in [-0.05, 0) is 99.5 Å². The SMILES string of the molecule is Cc1cc(C)c2c(c1)[C@@]1(C)N=C(c3cc(-n4c5ccccc5c5ccc(-c6cc(C(C)(C)C)ccn6)cc54)c(C)nc3C)O[C@@]1(C)C2(C)C. The van der Waals surface area contributed by atoms with E-state index >= 15 is 0 Å². The smallest absolute Gasteiger partial charge is 0.219 e. The molecule has 248 valence electrons. The highest BCUT2D eigenvalue weighted by Crippen LogP contribution is 2.62. The summed E-state index contributed by atoms with van der Waals surface area (Å²) in [6.45, 7) is 24.4. The van der Waals surface area contributed by atoms with Crippen LogP contribution in [0, 0.1) is 27.7 Å². The van der Waals surface area contributed by atoms with Gasteiger partial charge in [0.2, 0.25) is 5.90 Å². The van der Waals surface area contributed by atoms with Crippen LogP contribution in [0.2, 0.25) is 0 Å². The second kappa shape index (κ2) is 10.1. The predicted octanol–water partition coefficient (Wildman–Crippen LogP) is 10.5. The fourth-order valence-electron chi connectivity index (χ4n) is 8.82. The first kappa shape index (κ1) is 31.5. The van der Waals surface area contributed by atoms with Crippen LogP contribution in [-0.2, 0) is 21.1 Å². The standard InChI is InChI=1S/C44H46N4O/c1-25-20-26(2)39-34(21-25)43(10)44(11,42(39,8)9)49-40(47-43)33-24-37(28(4)46-27(33)3)48-36-15-13-12-14-31(36)32-17-16-29(22-38(32)48)35-23-30(18-19-45-35)41(5,6)7/h12-24H,1-11H3/t43-,44+/m1/s1. The van der Waals surface area contributed by atoms with Gasteiger partial charge in [0, 0.05) is 27.9 Å². The molecule has 6 aromatic rings. The van der Waals surface area contributed by atoms with Crippen molar-refractivity contribution in [2.75, 3.05) is 0 Å². The molecule has 1 aliphatic carbocycles. The van der Waals surface area contributed by atoms with Crippen LogP contribution in [0.1, 0.15) is 93.2 Å². The zero-order chi connectivity index (χ0) is 34.8. The summed E-state index contributed by atoms with van der Waals surface area (Å²) in [5.74, 6) is 0.666. The van der Waals surface area contributed by atoms with Gasteiger partial charge in [0.25, 0.3) is 0 Å². The Morgan fingerprint density at radius 2 is 1.49 bits per heavy atom. The molecule has 0 radical (unpaired) electrons. The minimum Gasteiger partial charge on any atom is -0.467 e. The minimum absolute atomic E-state index is 0.0321. The topological polar surface area (TPSA) is 52.3 Å². The first-order chi connectivity index (χ1) is 23.0. The van der Waals surface area contributed by atoms with Crippen LogP contribution in [0.5, 0.6) is 0 Å². The van der Waals surface area contributed by atoms with Crippen molar-refractivity contribution >= 4 is 27.7 Å². The van der Waals surface area contributed by atoms with Gasteiger partial charge < -0.3 is 9.30 Å². The van der Waals surface area contributed by atoms with Crippen molar-refractivity contribution in [3.05, 3.63) is 124 Å². The molecule has 0 bridgehead atoms. The van der Waals surface area contributed by atoms with Crippen molar-refractivity contribution in [3.63, 3.8) is 0 Å². The van der Waals surface area contributed by atoms with E-state index in [2.05, 4.69) is 154 Å². The number of para-hydroxylation sites is 1. The number of rotatable bonds is 3. The van der Waals surface area contributed by atoms with Crippen LogP contribution in [0.3, 0.4) is 0 Å². The normalized spacial score (nSPS) is 21.2. The summed E-state index contributed by atoms with van der Waals surface area (Å²) in [5.41, 5.74) is 13.3. The number of ether oxygens (including phenoxy) is 1. The fraction of sp³-hybridized carbons (Fsp3) is 0.341. The van der Waals surface area contributed by atoms with Gasteiger partial charge >= 0.3 is 0 Å². The Labute approximate surface area is 290 Å². The lowest BCUT2D eigenvalue weighted by molar-refractivity contribution is -0.0137. The maximum Gasteiger partial charge on any atom is 0.219 e. The van der Waals surface area contributed by atoms with Gasteiger partial charge in [-0.3, -0.25) is 9.97 Å². The number of hydrogen-bond acceptors (Lipinski definition) is 4. The number of benzene rings is 3. The van der Waals surface area contributed by atoms with E-state index in [0.717, 1.165) is 44.9 Å². The summed E-state index contributed by atoms with van der Waals surface area (Å²) in [7, 11) is 0. The van der Waals surface area contributed by atoms with E-state index in [9.17, 15) is 0 Å². The van der Waals surface area contributed by atoms with Gasteiger partial charge in [-0.1, -0.05) is 82.6 Å². The van der Waals surface area contributed by atoms with Crippen molar-refractivity contribution in [2.24, 2.45) is 4.99 Å². The van der Waals surface area contributed by atoms with Crippen molar-refractivity contribution < 1.29 is 4.74 Å². The van der Waals surface area contributed by atoms with Gasteiger partial charge in [0.1, 0.15) is 11.1 Å². The third-order valence-corrected chi connectivity index (χ3v) is 11.8. The number of aliphatic imine (C=N–C) groups is 1. The first-order valence-corrected chi connectivity index (χ1v) is 17.5. The maximum atomic E-state index is 7.13. The molecule has 0 amide bonds. The molecule has 1 aliphatic heterocycles. The fourth-order valence-corrected chi connectivity index (χ4v) is 8.82. The monoisotopic (exact) mass is 646 g/mol. The largest absolute Gasteiger partial charge is 0.467 e. The number of nitrogens with zero attached hydrogens (tertiary/aromatic N) is 4. The van der Waals surface area contributed by atoms with Crippen molar-refractivity contribution in [2.45, 2.75) is 98.1 Å². The molecule has 49 heavy (non-hydrogen) atoms. The van der Waals surface area contributed by atoms with E-state index in [1.807, 2.05) is 6.20 Å². The number of pyridine rings is 2. The van der Waals surface area contributed by atoms with Crippen LogP contribution in [0.15, 0.2) is 84.0 Å². The molecular formula is C44H46N4O. The maximum absolute atomic E-state index is 7.13. The first-order valence-electron chi connectivity index (χ1n) is 17.5. The highest BCUT2D eigenvalue weighted by molar-refractivity contribution is 6.10. The Bertz CT molecular complexity index is 2400. The van der Waals surface area contributed by atoms with Crippen molar-refractivity contribution in [1.82, 2.24) is 14.5 Å². The van der Waals surface area contributed by atoms with Gasteiger partial charge in [-0.25, -0.2) is 4.99 Å². The molecule has 2 atom stereocenters. The molecule has 0 saturated heterocycles. The lowest BCUT2D eigenvalue weighted by atomic mass is 9.70. The summed E-state index contributed by atoms with van der Waals surface area (Å²) >= 11 is 0. The highest BCUT2D eigenvalue weighted by atomic mass is 16.5. The number of aromatic nitrogens is 3. The molecule has 0 spiro atoms. The zero-order valence-corrected chi connectivity index (χ0v) is 30.7. The predicted molar refractivity (Wildman–Crippen MR) is 202 cm³/mol. The van der Waals surface area contributed by atoms with E-state index < -0.39 is 11.1 Å². The number of fused-ring (bicyclic) bond motifs is 6. The average Bonchev–Trinajstić information content (AvgIpc) is 3.56. The van der Waals surface area contributed by atoms with E-state index in [1.165, 1.54) is 38.6 Å². The van der Waals surface area contributed by atoms with E-state index in [-0.39, 0.29) is 10.8 Å². The van der Waals surface area contributed by atoms with E-state index in [4.69, 9.17) is 19.7 Å². The van der Waals surface area contributed by atoms with Crippen LogP contribution in [-0.4, -0.2) is 26.0 Å². The van der Waals surface area contributed by atoms with Crippen LogP contribution in [0.4, 0.5) is 0 Å². The minimum atomic E-state index is -0.565. The molecule has 5 nitrogen and oxygen atoms in total. The molecular weight excluding hydrogens is 601 g/mol. The lowest BCUT2D eigenvalue weighted by Crippen LogP contribution is -2.51. The number of aryl methyl sites for hydroxylation is 4. The summed E-state index contributed by atoms with van der Waals surface area (Å²) < 4.78 is 9.49. The molecule has 0 saturated carbocycles. The van der Waals surface area contributed by atoms with Crippen LogP contribution < -0.4 is 0 Å². The molecule has 4 heterocycles. The Hall–Kier alpha value is -4.77.